The van der Waals surface area contributed by atoms with Crippen molar-refractivity contribution < 1.29 is 4.74 Å². The van der Waals surface area contributed by atoms with Crippen LogP contribution in [0.3, 0.4) is 0 Å². The molecule has 0 bridgehead atoms. The Morgan fingerprint density at radius 1 is 1.47 bits per heavy atom. The molecule has 0 aliphatic carbocycles. The van der Waals surface area contributed by atoms with Gasteiger partial charge in [-0.25, -0.2) is 0 Å². The predicted molar refractivity (Wildman–Crippen MR) is 66.3 cm³/mol. The Kier molecular flexibility index (Phi) is 3.16. The second-order valence-electron chi connectivity index (χ2n) is 5.19. The second-order valence-corrected chi connectivity index (χ2v) is 5.19. The van der Waals surface area contributed by atoms with Crippen LogP contribution in [0.4, 0.5) is 0 Å². The van der Waals surface area contributed by atoms with E-state index in [0.29, 0.717) is 12.0 Å². The maximum atomic E-state index is 5.45. The van der Waals surface area contributed by atoms with E-state index in [-0.39, 0.29) is 0 Å². The van der Waals surface area contributed by atoms with E-state index in [4.69, 9.17) is 4.74 Å². The third kappa shape index (κ3) is 2.11. The smallest absolute Gasteiger partial charge is 0.0777 e. The molecular weight excluding hydrogens is 214 g/mol. The Labute approximate surface area is 102 Å². The van der Waals surface area contributed by atoms with Crippen LogP contribution in [0.5, 0.6) is 0 Å². The van der Waals surface area contributed by atoms with Gasteiger partial charge in [-0.05, 0) is 44.2 Å². The molecule has 2 saturated heterocycles. The van der Waals surface area contributed by atoms with E-state index in [1.807, 2.05) is 0 Å². The third-order valence-corrected chi connectivity index (χ3v) is 4.07. The predicted octanol–water partition coefficient (Wildman–Crippen LogP) is 1.62. The molecule has 2 aliphatic rings. The maximum absolute atomic E-state index is 5.45. The topological polar surface area (TPSA) is 39.1 Å². The SMILES string of the molecule is Cc1c(C2CCCNC2)cnn1C1CCOC1. The molecule has 0 aromatic carbocycles. The minimum Gasteiger partial charge on any atom is -0.379 e. The highest BCUT2D eigenvalue weighted by Gasteiger charge is 2.24. The summed E-state index contributed by atoms with van der Waals surface area (Å²) in [5.74, 6) is 0.653. The largest absolute Gasteiger partial charge is 0.379 e. The van der Waals surface area contributed by atoms with Gasteiger partial charge in [-0.15, -0.1) is 0 Å². The molecule has 0 spiro atoms. The summed E-state index contributed by atoms with van der Waals surface area (Å²) in [7, 11) is 0. The first-order chi connectivity index (χ1) is 8.36. The van der Waals surface area contributed by atoms with Gasteiger partial charge < -0.3 is 10.1 Å². The molecule has 4 heteroatoms. The maximum Gasteiger partial charge on any atom is 0.0777 e. The molecule has 0 amide bonds. The lowest BCUT2D eigenvalue weighted by Crippen LogP contribution is -2.28. The fourth-order valence-corrected chi connectivity index (χ4v) is 3.04. The molecule has 1 aromatic rings. The average molecular weight is 235 g/mol. The zero-order valence-electron chi connectivity index (χ0n) is 10.5. The quantitative estimate of drug-likeness (QED) is 0.846. The number of nitrogens with one attached hydrogen (secondary N) is 1. The Balaban J connectivity index is 1.80. The van der Waals surface area contributed by atoms with Crippen LogP contribution in [0.2, 0.25) is 0 Å². The highest BCUT2D eigenvalue weighted by molar-refractivity contribution is 5.23. The van der Waals surface area contributed by atoms with Gasteiger partial charge in [0.05, 0.1) is 18.8 Å². The summed E-state index contributed by atoms with van der Waals surface area (Å²) in [5.41, 5.74) is 2.78. The van der Waals surface area contributed by atoms with Crippen molar-refractivity contribution in [1.82, 2.24) is 15.1 Å². The Bertz CT molecular complexity index is 376. The fourth-order valence-electron chi connectivity index (χ4n) is 3.04. The lowest BCUT2D eigenvalue weighted by Gasteiger charge is -2.23. The number of hydrogen-bond acceptors (Lipinski definition) is 3. The van der Waals surface area contributed by atoms with E-state index in [1.54, 1.807) is 0 Å². The van der Waals surface area contributed by atoms with Gasteiger partial charge in [0.15, 0.2) is 0 Å². The van der Waals surface area contributed by atoms with Crippen LogP contribution in [0.1, 0.15) is 42.5 Å². The number of aromatic nitrogens is 2. The van der Waals surface area contributed by atoms with Crippen LogP contribution in [-0.2, 0) is 4.74 Å². The number of ether oxygens (including phenoxy) is 1. The van der Waals surface area contributed by atoms with Crippen LogP contribution in [0.15, 0.2) is 6.20 Å². The second kappa shape index (κ2) is 4.78. The minimum atomic E-state index is 0.459. The van der Waals surface area contributed by atoms with Crippen molar-refractivity contribution in [2.24, 2.45) is 0 Å². The van der Waals surface area contributed by atoms with Gasteiger partial charge in [0.2, 0.25) is 0 Å². The van der Waals surface area contributed by atoms with Crippen LogP contribution >= 0.6 is 0 Å². The van der Waals surface area contributed by atoms with Gasteiger partial charge in [-0.1, -0.05) is 0 Å². The molecule has 4 nitrogen and oxygen atoms in total. The van der Waals surface area contributed by atoms with Crippen molar-refractivity contribution in [1.29, 1.82) is 0 Å². The molecule has 17 heavy (non-hydrogen) atoms. The molecule has 1 aromatic heterocycles. The Morgan fingerprint density at radius 3 is 3.12 bits per heavy atom. The zero-order chi connectivity index (χ0) is 11.7. The summed E-state index contributed by atoms with van der Waals surface area (Å²) in [6.07, 6.45) is 5.75. The first-order valence-electron chi connectivity index (χ1n) is 6.68. The summed E-state index contributed by atoms with van der Waals surface area (Å²) in [4.78, 5) is 0. The van der Waals surface area contributed by atoms with E-state index in [1.165, 1.54) is 30.6 Å². The van der Waals surface area contributed by atoms with Gasteiger partial charge in [-0.2, -0.15) is 5.10 Å². The standard InChI is InChI=1S/C13H21N3O/c1-10-13(11-3-2-5-14-7-11)8-15-16(10)12-4-6-17-9-12/h8,11-12,14H,2-7,9H2,1H3. The van der Waals surface area contributed by atoms with Gasteiger partial charge in [0.1, 0.15) is 0 Å². The van der Waals surface area contributed by atoms with Crippen LogP contribution in [0, 0.1) is 6.92 Å². The molecular formula is C13H21N3O. The summed E-state index contributed by atoms with van der Waals surface area (Å²) in [6.45, 7) is 6.18. The highest BCUT2D eigenvalue weighted by atomic mass is 16.5. The molecule has 2 fully saturated rings. The van der Waals surface area contributed by atoms with E-state index in [0.717, 1.165) is 26.2 Å². The lowest BCUT2D eigenvalue weighted by atomic mass is 9.92. The summed E-state index contributed by atoms with van der Waals surface area (Å²) >= 11 is 0. The number of nitrogens with zero attached hydrogens (tertiary/aromatic N) is 2. The first-order valence-corrected chi connectivity index (χ1v) is 6.68. The van der Waals surface area contributed by atoms with Crippen molar-refractivity contribution in [3.63, 3.8) is 0 Å². The van der Waals surface area contributed by atoms with Crippen molar-refractivity contribution in [2.75, 3.05) is 26.3 Å². The minimum absolute atomic E-state index is 0.459. The van der Waals surface area contributed by atoms with Crippen molar-refractivity contribution in [3.05, 3.63) is 17.5 Å². The van der Waals surface area contributed by atoms with Crippen molar-refractivity contribution in [3.8, 4) is 0 Å². The molecule has 2 aliphatic heterocycles. The highest BCUT2D eigenvalue weighted by Crippen LogP contribution is 2.28. The Morgan fingerprint density at radius 2 is 2.41 bits per heavy atom. The average Bonchev–Trinajstić information content (AvgIpc) is 2.99. The Hall–Kier alpha value is -0.870. The van der Waals surface area contributed by atoms with Gasteiger partial charge >= 0.3 is 0 Å². The van der Waals surface area contributed by atoms with Gasteiger partial charge in [-0.3, -0.25) is 4.68 Å². The van der Waals surface area contributed by atoms with Crippen molar-refractivity contribution >= 4 is 0 Å². The molecule has 2 unspecified atom stereocenters. The van der Waals surface area contributed by atoms with Crippen LogP contribution in [-0.4, -0.2) is 36.1 Å². The summed E-state index contributed by atoms with van der Waals surface area (Å²) in [6, 6.07) is 0.459. The number of rotatable bonds is 2. The van der Waals surface area contributed by atoms with Crippen molar-refractivity contribution in [2.45, 2.75) is 38.1 Å². The van der Waals surface area contributed by atoms with Gasteiger partial charge in [0.25, 0.3) is 0 Å². The van der Waals surface area contributed by atoms with Gasteiger partial charge in [0, 0.05) is 18.8 Å². The monoisotopic (exact) mass is 235 g/mol. The molecule has 3 heterocycles. The summed E-state index contributed by atoms with van der Waals surface area (Å²) < 4.78 is 7.63. The molecule has 0 saturated carbocycles. The van der Waals surface area contributed by atoms with Crippen LogP contribution < -0.4 is 5.32 Å². The summed E-state index contributed by atoms with van der Waals surface area (Å²) in [5, 5.41) is 8.06. The van der Waals surface area contributed by atoms with E-state index >= 15 is 0 Å². The molecule has 2 atom stereocenters. The fraction of sp³-hybridized carbons (Fsp3) is 0.769. The number of hydrogen-bond donors (Lipinski definition) is 1. The molecule has 3 rings (SSSR count). The van der Waals surface area contributed by atoms with E-state index in [2.05, 4.69) is 28.2 Å². The van der Waals surface area contributed by atoms with E-state index in [9.17, 15) is 0 Å². The zero-order valence-corrected chi connectivity index (χ0v) is 10.5. The molecule has 0 radical (unpaired) electrons. The molecule has 94 valence electrons. The molecule has 1 N–H and O–H groups in total. The number of piperidine rings is 1. The lowest BCUT2D eigenvalue weighted by molar-refractivity contribution is 0.184. The first kappa shape index (κ1) is 11.2. The normalized spacial score (nSPS) is 29.7. The van der Waals surface area contributed by atoms with Crippen LogP contribution in [0.25, 0.3) is 0 Å². The third-order valence-electron chi connectivity index (χ3n) is 4.07. The van der Waals surface area contributed by atoms with E-state index < -0.39 is 0 Å².